The van der Waals surface area contributed by atoms with Gasteiger partial charge in [0.15, 0.2) is 0 Å². The Morgan fingerprint density at radius 2 is 1.79 bits per heavy atom. The van der Waals surface area contributed by atoms with Crippen LogP contribution in [0.4, 0.5) is 0 Å². The van der Waals surface area contributed by atoms with Crippen LogP contribution in [0.25, 0.3) is 6.08 Å². The maximum absolute atomic E-state index is 13.0. The maximum atomic E-state index is 13.0. The summed E-state index contributed by atoms with van der Waals surface area (Å²) in [4.78, 5) is 13.0. The van der Waals surface area contributed by atoms with Crippen molar-refractivity contribution in [3.05, 3.63) is 41.4 Å². The molecule has 43 heavy (non-hydrogen) atoms. The number of hydrogen-bond acceptors (Lipinski definition) is 4. The highest BCUT2D eigenvalue weighted by atomic mass is 16.4. The first kappa shape index (κ1) is 30.2. The molecule has 6 rings (SSSR count). The first-order valence-corrected chi connectivity index (χ1v) is 16.5. The molecule has 234 valence electrons. The van der Waals surface area contributed by atoms with E-state index in [2.05, 4.69) is 70.8 Å². The smallest absolute Gasteiger partial charge is 0.310 e. The number of guanidine groups is 1. The number of aliphatic carboxylic acids is 1. The minimum absolute atomic E-state index is 0.00374. The number of nitrogens with zero attached hydrogens (tertiary/aromatic N) is 2. The molecule has 0 aliphatic heterocycles. The molecule has 0 amide bonds. The number of carboxylic acids is 1. The second-order valence-corrected chi connectivity index (χ2v) is 16.2. The lowest BCUT2D eigenvalue weighted by atomic mass is 9.33. The minimum atomic E-state index is -0.621. The number of rotatable bonds is 3. The van der Waals surface area contributed by atoms with E-state index in [0.29, 0.717) is 23.7 Å². The van der Waals surface area contributed by atoms with Crippen molar-refractivity contribution >= 4 is 23.7 Å². The molecule has 1 aromatic rings. The van der Waals surface area contributed by atoms with Crippen LogP contribution in [-0.4, -0.2) is 22.7 Å². The molecule has 7 nitrogen and oxygen atoms in total. The van der Waals surface area contributed by atoms with Gasteiger partial charge in [-0.3, -0.25) is 4.79 Å². The molecule has 0 aromatic carbocycles. The first-order chi connectivity index (χ1) is 20.1. The van der Waals surface area contributed by atoms with Gasteiger partial charge < -0.3 is 21.0 Å². The van der Waals surface area contributed by atoms with Crippen LogP contribution in [0.5, 0.6) is 0 Å². The van der Waals surface area contributed by atoms with Crippen molar-refractivity contribution in [2.75, 3.05) is 0 Å². The predicted molar refractivity (Wildman–Crippen MR) is 172 cm³/mol. The molecule has 0 radical (unpaired) electrons. The molecule has 0 bridgehead atoms. The molecular weight excluding hydrogens is 536 g/mol. The van der Waals surface area contributed by atoms with Gasteiger partial charge in [0.1, 0.15) is 5.76 Å². The molecule has 7 heteroatoms. The molecule has 5 N–H and O–H groups in total. The fourth-order valence-electron chi connectivity index (χ4n) is 11.7. The summed E-state index contributed by atoms with van der Waals surface area (Å²) in [6.45, 7) is 16.9. The van der Waals surface area contributed by atoms with E-state index in [4.69, 9.17) is 15.9 Å². The average Bonchev–Trinajstić information content (AvgIpc) is 3.43. The second-order valence-electron chi connectivity index (χ2n) is 16.2. The van der Waals surface area contributed by atoms with Crippen LogP contribution in [0.2, 0.25) is 0 Å². The molecule has 4 saturated carbocycles. The summed E-state index contributed by atoms with van der Waals surface area (Å²) in [5.41, 5.74) is 14.2. The fourth-order valence-corrected chi connectivity index (χ4v) is 11.7. The Hall–Kier alpha value is -2.83. The zero-order chi connectivity index (χ0) is 31.2. The van der Waals surface area contributed by atoms with E-state index >= 15 is 0 Å². The summed E-state index contributed by atoms with van der Waals surface area (Å²) in [6, 6.07) is 3.90. The van der Waals surface area contributed by atoms with E-state index < -0.39 is 11.4 Å². The van der Waals surface area contributed by atoms with Crippen LogP contribution >= 0.6 is 0 Å². The molecular formula is C36H52N4O3. The molecule has 1 heterocycles. The third-order valence-corrected chi connectivity index (χ3v) is 14.2. The first-order valence-electron chi connectivity index (χ1n) is 16.5. The topological polar surface area (TPSA) is 127 Å². The number of furan rings is 1. The zero-order valence-electron chi connectivity index (χ0n) is 27.2. The van der Waals surface area contributed by atoms with Gasteiger partial charge in [0.2, 0.25) is 5.96 Å². The van der Waals surface area contributed by atoms with E-state index in [1.165, 1.54) is 5.57 Å². The largest absolute Gasteiger partial charge is 0.481 e. The number of allylic oxidation sites excluding steroid dienone is 3. The van der Waals surface area contributed by atoms with E-state index in [9.17, 15) is 9.90 Å². The third-order valence-electron chi connectivity index (χ3n) is 14.2. The van der Waals surface area contributed by atoms with E-state index in [-0.39, 0.29) is 33.5 Å². The van der Waals surface area contributed by atoms with Gasteiger partial charge in [-0.1, -0.05) is 60.1 Å². The molecule has 0 saturated heterocycles. The van der Waals surface area contributed by atoms with Gasteiger partial charge in [0.05, 0.1) is 17.4 Å². The van der Waals surface area contributed by atoms with Gasteiger partial charge in [0.25, 0.3) is 0 Å². The Balaban J connectivity index is 1.48. The Bertz CT molecular complexity index is 1420. The number of hydrogen-bond donors (Lipinski definition) is 3. The van der Waals surface area contributed by atoms with Crippen LogP contribution in [0, 0.1) is 56.7 Å². The van der Waals surface area contributed by atoms with Crippen molar-refractivity contribution in [2.24, 2.45) is 78.3 Å². The van der Waals surface area contributed by atoms with Crippen molar-refractivity contribution in [2.45, 2.75) is 99.8 Å². The molecule has 5 aliphatic rings. The summed E-state index contributed by atoms with van der Waals surface area (Å²) >= 11 is 0. The molecule has 9 atom stereocenters. The highest BCUT2D eigenvalue weighted by Crippen LogP contribution is 2.76. The lowest BCUT2D eigenvalue weighted by Gasteiger charge is -2.71. The summed E-state index contributed by atoms with van der Waals surface area (Å²) in [5.74, 6) is 2.06. The molecule has 4 fully saturated rings. The molecule has 5 aliphatic carbocycles. The van der Waals surface area contributed by atoms with Crippen LogP contribution in [0.3, 0.4) is 0 Å². The molecule has 1 aromatic heterocycles. The third kappa shape index (κ3) is 4.08. The number of fused-ring (bicyclic) bond motifs is 7. The number of nitrogens with two attached hydrogens (primary N) is 2. The lowest BCUT2D eigenvalue weighted by molar-refractivity contribution is -0.179. The lowest BCUT2D eigenvalue weighted by Crippen LogP contribution is -2.65. The standard InChI is InChI=1S/C36H52N4O3/c1-21-12-15-36(30(41)42)17-16-34(6)25(28(36)22(21)2)10-11-27-33(5)20-23(19-24-9-8-18-43-24)29(39-40-31(37)38)32(3,4)26(33)13-14-35(27,34)7/h8-10,18-19,21-22,26-28H,11-17,20H2,1-7H3,(H,41,42)(H4,37,38,40)/b23-19+,39-29+/t21-,22+,26?,27?,28?,33+,34-,35-,36+/m1/s1. The van der Waals surface area contributed by atoms with Gasteiger partial charge in [0, 0.05) is 5.41 Å². The van der Waals surface area contributed by atoms with Gasteiger partial charge in [-0.25, -0.2) is 0 Å². The SMILES string of the molecule is C[C@@H]1CC[C@]2(C(=O)O)CC[C@]3(C)C(=CCC4[C@@]5(C)CC(=C\c6ccco6)/C(=N\N=C(N)N)C(C)(C)C5CC[C@]43C)C2[C@H]1C. The number of carbonyl (C=O) groups is 1. The van der Waals surface area contributed by atoms with Gasteiger partial charge >= 0.3 is 5.97 Å². The highest BCUT2D eigenvalue weighted by Gasteiger charge is 2.69. The Kier molecular flexibility index (Phi) is 6.91. The van der Waals surface area contributed by atoms with Crippen molar-refractivity contribution in [3.8, 4) is 0 Å². The van der Waals surface area contributed by atoms with E-state index in [1.807, 2.05) is 12.1 Å². The van der Waals surface area contributed by atoms with Gasteiger partial charge in [-0.05, 0) is 121 Å². The quantitative estimate of drug-likeness (QED) is 0.145. The summed E-state index contributed by atoms with van der Waals surface area (Å²) < 4.78 is 5.78. The normalized spacial score (nSPS) is 45.3. The summed E-state index contributed by atoms with van der Waals surface area (Å²) in [6.07, 6.45) is 14.0. The van der Waals surface area contributed by atoms with Crippen LogP contribution in [0.15, 0.2) is 50.2 Å². The van der Waals surface area contributed by atoms with E-state index in [1.54, 1.807) is 6.26 Å². The van der Waals surface area contributed by atoms with Crippen LogP contribution in [-0.2, 0) is 4.79 Å². The molecule has 3 unspecified atom stereocenters. The second kappa shape index (κ2) is 9.84. The highest BCUT2D eigenvalue weighted by molar-refractivity contribution is 6.08. The summed E-state index contributed by atoms with van der Waals surface area (Å²) in [5, 5.41) is 19.5. The average molecular weight is 589 g/mol. The van der Waals surface area contributed by atoms with Crippen molar-refractivity contribution in [3.63, 3.8) is 0 Å². The predicted octanol–water partition coefficient (Wildman–Crippen LogP) is 7.64. The van der Waals surface area contributed by atoms with Gasteiger partial charge in [-0.15, -0.1) is 5.10 Å². The van der Waals surface area contributed by atoms with Crippen LogP contribution in [0.1, 0.15) is 106 Å². The Morgan fingerprint density at radius 1 is 1.05 bits per heavy atom. The van der Waals surface area contributed by atoms with Crippen molar-refractivity contribution < 1.29 is 14.3 Å². The molecule has 0 spiro atoms. The van der Waals surface area contributed by atoms with Crippen molar-refractivity contribution in [1.82, 2.24) is 0 Å². The Morgan fingerprint density at radius 3 is 2.44 bits per heavy atom. The zero-order valence-corrected chi connectivity index (χ0v) is 27.2. The van der Waals surface area contributed by atoms with Gasteiger partial charge in [-0.2, -0.15) is 5.10 Å². The van der Waals surface area contributed by atoms with E-state index in [0.717, 1.165) is 68.4 Å². The number of carboxylic acid groups (broad SMARTS) is 1. The van der Waals surface area contributed by atoms with Crippen LogP contribution < -0.4 is 11.5 Å². The fraction of sp³-hybridized carbons (Fsp3) is 0.694. The monoisotopic (exact) mass is 588 g/mol. The minimum Gasteiger partial charge on any atom is -0.481 e. The van der Waals surface area contributed by atoms with Crippen molar-refractivity contribution in [1.29, 1.82) is 0 Å². The summed E-state index contributed by atoms with van der Waals surface area (Å²) in [7, 11) is 0. The Labute approximate surface area is 257 Å². The maximum Gasteiger partial charge on any atom is 0.310 e.